The number of rotatable bonds is 3. The van der Waals surface area contributed by atoms with Gasteiger partial charge in [0.1, 0.15) is 0 Å². The van der Waals surface area contributed by atoms with Gasteiger partial charge >= 0.3 is 6.18 Å². The lowest BCUT2D eigenvalue weighted by atomic mass is 9.82. The van der Waals surface area contributed by atoms with E-state index in [-0.39, 0.29) is 0 Å². The molecule has 1 aliphatic carbocycles. The third-order valence-corrected chi connectivity index (χ3v) is 4.19. The summed E-state index contributed by atoms with van der Waals surface area (Å²) in [4.78, 5) is 0. The Labute approximate surface area is 118 Å². The highest BCUT2D eigenvalue weighted by molar-refractivity contribution is 5.53. The van der Waals surface area contributed by atoms with Crippen LogP contribution in [0.25, 0.3) is 0 Å². The van der Waals surface area contributed by atoms with Crippen LogP contribution in [0.15, 0.2) is 18.2 Å². The lowest BCUT2D eigenvalue weighted by molar-refractivity contribution is -0.137. The normalized spacial score (nSPS) is 23.6. The minimum absolute atomic E-state index is 0.577. The molecule has 4 heteroatoms. The second-order valence-electron chi connectivity index (χ2n) is 6.05. The predicted octanol–water partition coefficient (Wildman–Crippen LogP) is 5.25. The van der Waals surface area contributed by atoms with E-state index < -0.39 is 11.7 Å². The molecule has 1 N–H and O–H groups in total. The number of hydrogen-bond acceptors (Lipinski definition) is 1. The van der Waals surface area contributed by atoms with Gasteiger partial charge in [0.05, 0.1) is 5.56 Å². The molecule has 0 spiro atoms. The first-order chi connectivity index (χ1) is 9.36. The molecule has 0 radical (unpaired) electrons. The molecule has 1 aromatic carbocycles. The van der Waals surface area contributed by atoms with Gasteiger partial charge in [-0.25, -0.2) is 0 Å². The van der Waals surface area contributed by atoms with Crippen molar-refractivity contribution in [2.45, 2.75) is 45.7 Å². The van der Waals surface area contributed by atoms with Crippen LogP contribution in [0.1, 0.15) is 43.7 Å². The summed E-state index contributed by atoms with van der Waals surface area (Å²) in [6.45, 7) is 4.86. The van der Waals surface area contributed by atoms with E-state index in [1.807, 2.05) is 6.92 Å². The molecule has 2 rings (SSSR count). The number of alkyl halides is 3. The Bertz CT molecular complexity index is 454. The van der Waals surface area contributed by atoms with Crippen molar-refractivity contribution in [1.29, 1.82) is 0 Å². The van der Waals surface area contributed by atoms with Crippen LogP contribution in [0, 0.1) is 18.8 Å². The topological polar surface area (TPSA) is 12.0 Å². The number of hydrogen-bond donors (Lipinski definition) is 1. The average molecular weight is 285 g/mol. The maximum Gasteiger partial charge on any atom is 0.416 e. The van der Waals surface area contributed by atoms with Gasteiger partial charge in [0.25, 0.3) is 0 Å². The third kappa shape index (κ3) is 3.90. The van der Waals surface area contributed by atoms with Crippen LogP contribution in [-0.4, -0.2) is 6.54 Å². The highest BCUT2D eigenvalue weighted by Crippen LogP contribution is 2.33. The number of nitrogens with one attached hydrogen (secondary N) is 1. The molecule has 1 fully saturated rings. The van der Waals surface area contributed by atoms with Crippen LogP contribution >= 0.6 is 0 Å². The van der Waals surface area contributed by atoms with Crippen molar-refractivity contribution >= 4 is 5.69 Å². The molecule has 1 saturated carbocycles. The van der Waals surface area contributed by atoms with Crippen LogP contribution in [0.5, 0.6) is 0 Å². The lowest BCUT2D eigenvalue weighted by Gasteiger charge is -2.27. The molecular formula is C16H22F3N. The second kappa shape index (κ2) is 6.06. The third-order valence-electron chi connectivity index (χ3n) is 4.19. The zero-order valence-corrected chi connectivity index (χ0v) is 12.1. The van der Waals surface area contributed by atoms with Gasteiger partial charge in [-0.05, 0) is 49.3 Å². The lowest BCUT2D eigenvalue weighted by Crippen LogP contribution is -2.21. The predicted molar refractivity (Wildman–Crippen MR) is 75.8 cm³/mol. The molecule has 0 heterocycles. The van der Waals surface area contributed by atoms with Gasteiger partial charge in [-0.1, -0.05) is 25.8 Å². The van der Waals surface area contributed by atoms with Crippen LogP contribution < -0.4 is 5.32 Å². The van der Waals surface area contributed by atoms with Crippen LogP contribution in [0.2, 0.25) is 0 Å². The fourth-order valence-electron chi connectivity index (χ4n) is 2.99. The second-order valence-corrected chi connectivity index (χ2v) is 6.05. The van der Waals surface area contributed by atoms with Gasteiger partial charge in [0.15, 0.2) is 0 Å². The summed E-state index contributed by atoms with van der Waals surface area (Å²) in [6.07, 6.45) is 0.581. The Hall–Kier alpha value is -1.19. The van der Waals surface area contributed by atoms with Crippen LogP contribution in [0.3, 0.4) is 0 Å². The van der Waals surface area contributed by atoms with Crippen molar-refractivity contribution in [3.8, 4) is 0 Å². The van der Waals surface area contributed by atoms with Crippen LogP contribution in [-0.2, 0) is 6.18 Å². The maximum atomic E-state index is 12.7. The van der Waals surface area contributed by atoms with Crippen molar-refractivity contribution in [1.82, 2.24) is 0 Å². The maximum absolute atomic E-state index is 12.7. The Morgan fingerprint density at radius 2 is 2.00 bits per heavy atom. The van der Waals surface area contributed by atoms with Gasteiger partial charge in [-0.3, -0.25) is 0 Å². The molecule has 1 nitrogen and oxygen atoms in total. The molecule has 20 heavy (non-hydrogen) atoms. The van der Waals surface area contributed by atoms with Gasteiger partial charge in [-0.2, -0.15) is 13.2 Å². The summed E-state index contributed by atoms with van der Waals surface area (Å²) in [7, 11) is 0. The smallest absolute Gasteiger partial charge is 0.385 e. The summed E-state index contributed by atoms with van der Waals surface area (Å²) in [5.41, 5.74) is 0.891. The molecule has 0 saturated heterocycles. The van der Waals surface area contributed by atoms with E-state index >= 15 is 0 Å². The van der Waals surface area contributed by atoms with Gasteiger partial charge in [0, 0.05) is 12.2 Å². The zero-order chi connectivity index (χ0) is 14.8. The van der Waals surface area contributed by atoms with E-state index in [0.29, 0.717) is 11.6 Å². The molecule has 1 aliphatic rings. The SMILES string of the molecule is Cc1ccc(C(F)(F)F)cc1NCC1CCCC(C)C1. The molecule has 112 valence electrons. The van der Waals surface area contributed by atoms with E-state index in [1.165, 1.54) is 37.8 Å². The number of aryl methyl sites for hydroxylation is 1. The first-order valence-electron chi connectivity index (χ1n) is 7.28. The minimum atomic E-state index is -4.27. The summed E-state index contributed by atoms with van der Waals surface area (Å²) in [5.74, 6) is 1.31. The van der Waals surface area contributed by atoms with Gasteiger partial charge < -0.3 is 5.32 Å². The monoisotopic (exact) mass is 285 g/mol. The molecular weight excluding hydrogens is 263 g/mol. The van der Waals surface area contributed by atoms with Crippen molar-refractivity contribution < 1.29 is 13.2 Å². The molecule has 2 unspecified atom stereocenters. The van der Waals surface area contributed by atoms with Crippen LogP contribution in [0.4, 0.5) is 18.9 Å². The summed E-state index contributed by atoms with van der Waals surface area (Å²) < 4.78 is 38.2. The number of benzene rings is 1. The molecule has 2 atom stereocenters. The molecule has 0 aliphatic heterocycles. The Balaban J connectivity index is 2.01. The highest BCUT2D eigenvalue weighted by atomic mass is 19.4. The summed E-state index contributed by atoms with van der Waals surface area (Å²) >= 11 is 0. The standard InChI is InChI=1S/C16H22F3N/c1-11-4-3-5-13(8-11)10-20-15-9-14(16(17,18)19)7-6-12(15)2/h6-7,9,11,13,20H,3-5,8,10H2,1-2H3. The van der Waals surface area contributed by atoms with E-state index in [9.17, 15) is 13.2 Å². The first-order valence-corrected chi connectivity index (χ1v) is 7.28. The van der Waals surface area contributed by atoms with Crippen molar-refractivity contribution in [2.24, 2.45) is 11.8 Å². The Morgan fingerprint density at radius 3 is 2.65 bits per heavy atom. The van der Waals surface area contributed by atoms with Crippen molar-refractivity contribution in [3.05, 3.63) is 29.3 Å². The highest BCUT2D eigenvalue weighted by Gasteiger charge is 2.30. The molecule has 1 aromatic rings. The van der Waals surface area contributed by atoms with E-state index in [2.05, 4.69) is 12.2 Å². The molecule has 0 aromatic heterocycles. The quantitative estimate of drug-likeness (QED) is 0.799. The van der Waals surface area contributed by atoms with E-state index in [1.54, 1.807) is 0 Å². The Kier molecular flexibility index (Phi) is 4.61. The molecule has 0 bridgehead atoms. The van der Waals surface area contributed by atoms with Crippen molar-refractivity contribution in [3.63, 3.8) is 0 Å². The fourth-order valence-corrected chi connectivity index (χ4v) is 2.99. The zero-order valence-electron chi connectivity index (χ0n) is 12.1. The Morgan fingerprint density at radius 1 is 1.25 bits per heavy atom. The number of halogens is 3. The molecule has 0 amide bonds. The fraction of sp³-hybridized carbons (Fsp3) is 0.625. The van der Waals surface area contributed by atoms with Crippen molar-refractivity contribution in [2.75, 3.05) is 11.9 Å². The van der Waals surface area contributed by atoms with Gasteiger partial charge in [-0.15, -0.1) is 0 Å². The van der Waals surface area contributed by atoms with E-state index in [0.717, 1.165) is 24.1 Å². The average Bonchev–Trinajstić information content (AvgIpc) is 2.36. The van der Waals surface area contributed by atoms with Gasteiger partial charge in [0.2, 0.25) is 0 Å². The van der Waals surface area contributed by atoms with E-state index in [4.69, 9.17) is 0 Å². The summed E-state index contributed by atoms with van der Waals surface area (Å²) in [5, 5.41) is 3.22. The first kappa shape index (κ1) is 15.2. The minimum Gasteiger partial charge on any atom is -0.385 e. The number of anilines is 1. The largest absolute Gasteiger partial charge is 0.416 e. The summed E-state index contributed by atoms with van der Waals surface area (Å²) in [6, 6.07) is 3.90.